The first-order valence-corrected chi connectivity index (χ1v) is 11.9. The van der Waals surface area contributed by atoms with E-state index in [1.807, 2.05) is 0 Å². The van der Waals surface area contributed by atoms with Crippen molar-refractivity contribution in [2.75, 3.05) is 33.4 Å². The van der Waals surface area contributed by atoms with Crippen LogP contribution in [-0.4, -0.2) is 49.5 Å². The van der Waals surface area contributed by atoms with Gasteiger partial charge < -0.3 is 14.4 Å². The lowest BCUT2D eigenvalue weighted by molar-refractivity contribution is -0.0644. The molecule has 0 N–H and O–H groups in total. The van der Waals surface area contributed by atoms with Crippen molar-refractivity contribution in [1.82, 2.24) is 4.90 Å². The first-order chi connectivity index (χ1) is 14.8. The maximum atomic E-state index is 6.24. The lowest BCUT2D eigenvalue weighted by Crippen LogP contribution is -2.44. The number of fused-ring (bicyclic) bond motifs is 5. The van der Waals surface area contributed by atoms with E-state index in [1.54, 1.807) is 18.2 Å². The number of rotatable bonds is 8. The highest BCUT2D eigenvalue weighted by atomic mass is 16.5. The molecule has 168 valence electrons. The number of likely N-dealkylation sites (tertiary alicyclic amines) is 1. The molecule has 0 bridgehead atoms. The van der Waals surface area contributed by atoms with E-state index in [2.05, 4.69) is 81.1 Å². The Morgan fingerprint density at radius 2 is 1.35 bits per heavy atom. The topological polar surface area (TPSA) is 21.7 Å². The second kappa shape index (κ2) is 8.69. The minimum absolute atomic E-state index is 0.106. The van der Waals surface area contributed by atoms with Gasteiger partial charge in [-0.3, -0.25) is 0 Å². The van der Waals surface area contributed by atoms with Gasteiger partial charge in [-0.15, -0.1) is 0 Å². The third kappa shape index (κ3) is 4.60. The Bertz CT molecular complexity index is 846. The molecule has 1 aliphatic heterocycles. The van der Waals surface area contributed by atoms with E-state index in [4.69, 9.17) is 9.47 Å². The zero-order valence-electron chi connectivity index (χ0n) is 20.0. The van der Waals surface area contributed by atoms with Crippen molar-refractivity contribution in [3.63, 3.8) is 0 Å². The average Bonchev–Trinajstić information content (AvgIpc) is 3.04. The Hall–Kier alpha value is -1.68. The van der Waals surface area contributed by atoms with Crippen molar-refractivity contribution in [1.29, 1.82) is 0 Å². The molecular formula is C28H39NO2. The summed E-state index contributed by atoms with van der Waals surface area (Å²) in [6.07, 6.45) is 4.37. The fourth-order valence-electron chi connectivity index (χ4n) is 5.29. The summed E-state index contributed by atoms with van der Waals surface area (Å²) in [5.74, 6) is 0. The van der Waals surface area contributed by atoms with Crippen molar-refractivity contribution < 1.29 is 9.47 Å². The van der Waals surface area contributed by atoms with E-state index in [0.717, 1.165) is 39.1 Å². The predicted molar refractivity (Wildman–Crippen MR) is 129 cm³/mol. The van der Waals surface area contributed by atoms with E-state index >= 15 is 0 Å². The summed E-state index contributed by atoms with van der Waals surface area (Å²) in [5.41, 5.74) is 5.94. The normalized spacial score (nSPS) is 18.2. The molecule has 3 nitrogen and oxygen atoms in total. The van der Waals surface area contributed by atoms with Gasteiger partial charge in [0.2, 0.25) is 0 Å². The minimum atomic E-state index is -0.120. The number of piperidine rings is 1. The highest BCUT2D eigenvalue weighted by Crippen LogP contribution is 2.53. The fraction of sp³-hybridized carbons (Fsp3) is 0.571. The highest BCUT2D eigenvalue weighted by Gasteiger charge is 2.44. The summed E-state index contributed by atoms with van der Waals surface area (Å²) in [7, 11) is 1.77. The standard InChI is InChI=1S/C28H39NO2/c1-26(2,30-5)17-21-31-27(3,4)14-18-29-19-15-28(16-20-29)24-12-8-6-10-22(24)23-11-7-9-13-25(23)28/h6-13H,14-21H2,1-5H3. The number of hydrogen-bond acceptors (Lipinski definition) is 3. The van der Waals surface area contributed by atoms with Crippen LogP contribution in [-0.2, 0) is 14.9 Å². The molecule has 1 aliphatic carbocycles. The molecule has 0 atom stereocenters. The van der Waals surface area contributed by atoms with Crippen LogP contribution in [0.15, 0.2) is 48.5 Å². The predicted octanol–water partition coefficient (Wildman–Crippen LogP) is 6.05. The van der Waals surface area contributed by atoms with E-state index < -0.39 is 0 Å². The summed E-state index contributed by atoms with van der Waals surface area (Å²) in [5, 5.41) is 0. The van der Waals surface area contributed by atoms with Gasteiger partial charge in [0.15, 0.2) is 0 Å². The third-order valence-electron chi connectivity index (χ3n) is 7.66. The van der Waals surface area contributed by atoms with Gasteiger partial charge >= 0.3 is 0 Å². The van der Waals surface area contributed by atoms with Crippen LogP contribution in [0.25, 0.3) is 11.1 Å². The molecule has 1 spiro atoms. The van der Waals surface area contributed by atoms with Gasteiger partial charge in [-0.25, -0.2) is 0 Å². The average molecular weight is 422 g/mol. The molecule has 1 fully saturated rings. The first-order valence-electron chi connectivity index (χ1n) is 11.9. The number of hydrogen-bond donors (Lipinski definition) is 0. The van der Waals surface area contributed by atoms with Gasteiger partial charge in [-0.2, -0.15) is 0 Å². The zero-order chi connectivity index (χ0) is 22.1. The van der Waals surface area contributed by atoms with Gasteiger partial charge in [0.1, 0.15) is 0 Å². The van der Waals surface area contributed by atoms with Crippen LogP contribution in [0.5, 0.6) is 0 Å². The number of nitrogens with zero attached hydrogens (tertiary/aromatic N) is 1. The van der Waals surface area contributed by atoms with E-state index in [0.29, 0.717) is 0 Å². The molecule has 3 heteroatoms. The van der Waals surface area contributed by atoms with Gasteiger partial charge in [0, 0.05) is 19.1 Å². The second-order valence-corrected chi connectivity index (χ2v) is 10.6. The maximum Gasteiger partial charge on any atom is 0.0644 e. The van der Waals surface area contributed by atoms with Crippen molar-refractivity contribution in [3.8, 4) is 11.1 Å². The molecule has 4 rings (SSSR count). The fourth-order valence-corrected chi connectivity index (χ4v) is 5.29. The Morgan fingerprint density at radius 1 is 0.806 bits per heavy atom. The second-order valence-electron chi connectivity index (χ2n) is 10.6. The molecule has 2 aromatic rings. The van der Waals surface area contributed by atoms with Crippen molar-refractivity contribution in [3.05, 3.63) is 59.7 Å². The summed E-state index contributed by atoms with van der Waals surface area (Å²) in [6.45, 7) is 12.8. The van der Waals surface area contributed by atoms with Crippen LogP contribution < -0.4 is 0 Å². The molecule has 0 unspecified atom stereocenters. The van der Waals surface area contributed by atoms with Crippen LogP contribution >= 0.6 is 0 Å². The maximum absolute atomic E-state index is 6.24. The largest absolute Gasteiger partial charge is 0.379 e. The molecular weight excluding hydrogens is 382 g/mol. The van der Waals surface area contributed by atoms with E-state index in [1.165, 1.54) is 24.0 Å². The minimum Gasteiger partial charge on any atom is -0.379 e. The van der Waals surface area contributed by atoms with E-state index in [9.17, 15) is 0 Å². The number of ether oxygens (including phenoxy) is 2. The monoisotopic (exact) mass is 421 g/mol. The molecule has 2 aromatic carbocycles. The van der Waals surface area contributed by atoms with Crippen molar-refractivity contribution >= 4 is 0 Å². The molecule has 0 amide bonds. The lowest BCUT2D eigenvalue weighted by Gasteiger charge is -2.42. The van der Waals surface area contributed by atoms with Crippen LogP contribution in [0.3, 0.4) is 0 Å². The van der Waals surface area contributed by atoms with Crippen LogP contribution in [0.2, 0.25) is 0 Å². The Morgan fingerprint density at radius 3 is 1.90 bits per heavy atom. The molecule has 2 aliphatic rings. The van der Waals surface area contributed by atoms with Gasteiger partial charge in [-0.05, 0) is 88.7 Å². The van der Waals surface area contributed by atoms with Gasteiger partial charge in [0.25, 0.3) is 0 Å². The number of methoxy groups -OCH3 is 1. The van der Waals surface area contributed by atoms with E-state index in [-0.39, 0.29) is 16.6 Å². The molecule has 0 saturated carbocycles. The van der Waals surface area contributed by atoms with Crippen LogP contribution in [0.4, 0.5) is 0 Å². The zero-order valence-corrected chi connectivity index (χ0v) is 20.0. The molecule has 1 heterocycles. The smallest absolute Gasteiger partial charge is 0.0644 e. The van der Waals surface area contributed by atoms with Gasteiger partial charge in [-0.1, -0.05) is 48.5 Å². The first kappa shape index (κ1) is 22.5. The Kier molecular flexibility index (Phi) is 6.31. The van der Waals surface area contributed by atoms with Crippen molar-refractivity contribution in [2.45, 2.75) is 70.0 Å². The molecule has 0 aromatic heterocycles. The van der Waals surface area contributed by atoms with Gasteiger partial charge in [0.05, 0.1) is 17.8 Å². The highest BCUT2D eigenvalue weighted by molar-refractivity contribution is 5.81. The summed E-state index contributed by atoms with van der Waals surface area (Å²) in [4.78, 5) is 2.64. The van der Waals surface area contributed by atoms with Crippen LogP contribution in [0.1, 0.15) is 64.5 Å². The summed E-state index contributed by atoms with van der Waals surface area (Å²) < 4.78 is 11.8. The molecule has 0 radical (unpaired) electrons. The van der Waals surface area contributed by atoms with Crippen molar-refractivity contribution in [2.24, 2.45) is 0 Å². The lowest BCUT2D eigenvalue weighted by atomic mass is 9.71. The molecule has 1 saturated heterocycles. The Labute approximate surface area is 188 Å². The van der Waals surface area contributed by atoms with Crippen LogP contribution in [0, 0.1) is 0 Å². The molecule has 31 heavy (non-hydrogen) atoms. The summed E-state index contributed by atoms with van der Waals surface area (Å²) in [6, 6.07) is 18.1. The quantitative estimate of drug-likeness (QED) is 0.518. The third-order valence-corrected chi connectivity index (χ3v) is 7.66. The Balaban J connectivity index is 1.35. The summed E-state index contributed by atoms with van der Waals surface area (Å²) >= 11 is 0. The number of benzene rings is 2. The SMILES string of the molecule is COC(C)(C)CCOC(C)(C)CCN1CCC2(CC1)c1ccccc1-c1ccccc12.